The molecule has 0 spiro atoms. The van der Waals surface area contributed by atoms with Crippen LogP contribution in [-0.2, 0) is 52.7 Å². The fraction of sp³-hybridized carbons (Fsp3) is 0.803. The van der Waals surface area contributed by atoms with Gasteiger partial charge in [0.05, 0.1) is 11.7 Å². The molecule has 528 valence electrons. The molecule has 1 saturated heterocycles. The van der Waals surface area contributed by atoms with E-state index >= 15 is 28.8 Å². The number of aliphatic hydroxyl groups excluding tert-OH is 3. The topological polar surface area (TPSA) is 339 Å². The van der Waals surface area contributed by atoms with E-state index in [0.717, 1.165) is 19.6 Å². The molecule has 0 unspecified atom stereocenters. The summed E-state index contributed by atoms with van der Waals surface area (Å²) in [5.74, 6) is -12.2. The fourth-order valence-electron chi connectivity index (χ4n) is 11.6. The Morgan fingerprint density at radius 2 is 0.870 bits per heavy atom. The molecule has 11 amide bonds. The standard InChI is InChI=1S/C66H119N11O15/c1-25-27-28-41(13)54(80)53-58(84)69-45(26-2)60(86)73(20)49(32-44(34-78)35-79)62(88)75(22)50(33-66(16,17)92)57(83)70-51(39(9)10)64(90)71(18)46(29-36(3)4)56(82)67-42(14)55(81)68-43(15)59(85)72(19)47(30-37(5)6)61(87)74(21)48(31-38(7)8)63(89)76(23)52(40(11)12)65(91)77(53)24/h25,27,36-54,78-80,92H,26,28-35H2,1-24H3,(H,67,82)(H,68,81)(H,69,84)(H,70,83)/t41-,42+,43-,45+,46+,47+,48+,49-,50+,51+,52+,53+,54-/m1/s1. The fourth-order valence-corrected chi connectivity index (χ4v) is 11.6. The Kier molecular flexibility index (Phi) is 34.2. The van der Waals surface area contributed by atoms with Gasteiger partial charge in [-0.15, -0.1) is 0 Å². The van der Waals surface area contributed by atoms with Gasteiger partial charge in [-0.3, -0.25) is 52.7 Å². The van der Waals surface area contributed by atoms with Crippen molar-refractivity contribution in [1.29, 1.82) is 0 Å². The van der Waals surface area contributed by atoms with E-state index in [0.29, 0.717) is 0 Å². The van der Waals surface area contributed by atoms with Crippen LogP contribution in [0, 0.1) is 41.4 Å². The number of rotatable bonds is 19. The van der Waals surface area contributed by atoms with Crippen molar-refractivity contribution in [3.63, 3.8) is 0 Å². The minimum Gasteiger partial charge on any atom is -0.396 e. The van der Waals surface area contributed by atoms with E-state index in [2.05, 4.69) is 21.3 Å². The highest BCUT2D eigenvalue weighted by Gasteiger charge is 2.47. The van der Waals surface area contributed by atoms with E-state index in [-0.39, 0.29) is 56.3 Å². The lowest BCUT2D eigenvalue weighted by Gasteiger charge is -2.41. The highest BCUT2D eigenvalue weighted by atomic mass is 16.3. The summed E-state index contributed by atoms with van der Waals surface area (Å²) in [6.07, 6.45) is 1.59. The normalized spacial score (nSPS) is 26.8. The highest BCUT2D eigenvalue weighted by molar-refractivity contribution is 6.00. The largest absolute Gasteiger partial charge is 0.396 e. The van der Waals surface area contributed by atoms with Gasteiger partial charge < -0.3 is 76.0 Å². The second-order valence-corrected chi connectivity index (χ2v) is 28.2. The summed E-state index contributed by atoms with van der Waals surface area (Å²) in [5.41, 5.74) is -1.65. The number of allylic oxidation sites excluding steroid dienone is 2. The van der Waals surface area contributed by atoms with Crippen molar-refractivity contribution in [1.82, 2.24) is 55.6 Å². The van der Waals surface area contributed by atoms with Gasteiger partial charge in [-0.25, -0.2) is 0 Å². The van der Waals surface area contributed by atoms with Crippen LogP contribution < -0.4 is 21.3 Å². The summed E-state index contributed by atoms with van der Waals surface area (Å²) in [6.45, 7) is 27.1. The van der Waals surface area contributed by atoms with E-state index in [1.165, 1.54) is 91.7 Å². The van der Waals surface area contributed by atoms with E-state index in [9.17, 15) is 44.4 Å². The Morgan fingerprint density at radius 1 is 0.467 bits per heavy atom. The first-order chi connectivity index (χ1) is 42.4. The van der Waals surface area contributed by atoms with Gasteiger partial charge in [0.1, 0.15) is 66.5 Å². The molecule has 26 heteroatoms. The number of amides is 11. The summed E-state index contributed by atoms with van der Waals surface area (Å²) < 4.78 is 0. The van der Waals surface area contributed by atoms with Crippen molar-refractivity contribution in [2.24, 2.45) is 41.4 Å². The maximum absolute atomic E-state index is 15.3. The first-order valence-corrected chi connectivity index (χ1v) is 32.7. The predicted molar refractivity (Wildman–Crippen MR) is 351 cm³/mol. The van der Waals surface area contributed by atoms with Crippen LogP contribution in [0.3, 0.4) is 0 Å². The van der Waals surface area contributed by atoms with E-state index < -0.39 is 186 Å². The number of carbonyl (C=O) groups is 11. The number of aliphatic hydroxyl groups is 4. The molecule has 0 saturated carbocycles. The van der Waals surface area contributed by atoms with Gasteiger partial charge in [-0.2, -0.15) is 0 Å². The molecule has 0 aromatic carbocycles. The molecule has 13 atom stereocenters. The van der Waals surface area contributed by atoms with Crippen LogP contribution in [0.1, 0.15) is 163 Å². The second kappa shape index (κ2) is 37.6. The molecule has 0 radical (unpaired) electrons. The van der Waals surface area contributed by atoms with Gasteiger partial charge in [0.15, 0.2) is 0 Å². The molecule has 8 N–H and O–H groups in total. The van der Waals surface area contributed by atoms with Crippen molar-refractivity contribution in [3.05, 3.63) is 12.2 Å². The third-order valence-corrected chi connectivity index (χ3v) is 17.5. The molecule has 1 heterocycles. The Hall–Kier alpha value is -6.25. The maximum Gasteiger partial charge on any atom is 0.246 e. The van der Waals surface area contributed by atoms with Gasteiger partial charge in [0, 0.05) is 74.9 Å². The molecule has 0 aliphatic carbocycles. The molecule has 1 fully saturated rings. The lowest BCUT2D eigenvalue weighted by molar-refractivity contribution is -0.157. The Labute approximate surface area is 548 Å². The van der Waals surface area contributed by atoms with E-state index in [1.54, 1.807) is 60.6 Å². The summed E-state index contributed by atoms with van der Waals surface area (Å²) in [5, 5.41) is 55.1. The molecule has 0 aromatic heterocycles. The zero-order valence-electron chi connectivity index (χ0n) is 59.9. The first-order valence-electron chi connectivity index (χ1n) is 32.7. The van der Waals surface area contributed by atoms with Gasteiger partial charge in [0.2, 0.25) is 65.0 Å². The molecule has 1 aliphatic rings. The monoisotopic (exact) mass is 1310 g/mol. The zero-order chi connectivity index (χ0) is 71.5. The molecule has 26 nitrogen and oxygen atoms in total. The van der Waals surface area contributed by atoms with Crippen LogP contribution in [0.5, 0.6) is 0 Å². The quantitative estimate of drug-likeness (QED) is 0.0855. The van der Waals surface area contributed by atoms with Gasteiger partial charge in [-0.05, 0) is 109 Å². The second-order valence-electron chi connectivity index (χ2n) is 28.2. The zero-order valence-corrected chi connectivity index (χ0v) is 59.9. The smallest absolute Gasteiger partial charge is 0.246 e. The van der Waals surface area contributed by atoms with Crippen molar-refractivity contribution < 1.29 is 73.2 Å². The summed E-state index contributed by atoms with van der Waals surface area (Å²) in [6, 6.07) is -15.2. The molecule has 0 aromatic rings. The molecule has 1 aliphatic heterocycles. The van der Waals surface area contributed by atoms with Gasteiger partial charge in [-0.1, -0.05) is 95.2 Å². The van der Waals surface area contributed by atoms with E-state index in [4.69, 9.17) is 0 Å². The van der Waals surface area contributed by atoms with Crippen LogP contribution in [0.4, 0.5) is 0 Å². The molecular formula is C66H119N11O15. The first kappa shape index (κ1) is 83.8. The number of hydrogen-bond donors (Lipinski definition) is 8. The SMILES string of the molecule is CC=CC[C@@H](C)[C@@H](O)[C@H]1C(=O)N[C@@H](CC)C(=O)N(C)[C@H](CC(CO)CO)C(=O)N(C)[C@@H](CC(C)(C)O)C(=O)N[C@@H](C(C)C)C(=O)N(C)[C@@H](CC(C)C)C(=O)N[C@@H](C)C(=O)N[C@H](C)C(=O)N(C)[C@@H](CC(C)C)C(=O)N(C)[C@@H](CC(C)C)C(=O)N(C)[C@@H](C(C)C)C(=O)N1C. The molecule has 0 bridgehead atoms. The molecule has 1 rings (SSSR count). The Bertz CT molecular complexity index is 2520. The van der Waals surface area contributed by atoms with Crippen LogP contribution in [0.15, 0.2) is 12.2 Å². The highest BCUT2D eigenvalue weighted by Crippen LogP contribution is 2.27. The minimum absolute atomic E-state index is 0.0873. The molecular weight excluding hydrogens is 1190 g/mol. The predicted octanol–water partition coefficient (Wildman–Crippen LogP) is 1.74. The van der Waals surface area contributed by atoms with Crippen LogP contribution in [-0.4, -0.2) is 260 Å². The Morgan fingerprint density at radius 3 is 1.30 bits per heavy atom. The van der Waals surface area contributed by atoms with Crippen molar-refractivity contribution in [2.45, 2.75) is 241 Å². The average molecular weight is 1310 g/mol. The number of hydrogen-bond acceptors (Lipinski definition) is 15. The third kappa shape index (κ3) is 23.3. The average Bonchev–Trinajstić information content (AvgIpc) is 0.824. The number of nitrogens with one attached hydrogen (secondary N) is 4. The minimum atomic E-state index is -1.72. The number of nitrogens with zero attached hydrogens (tertiary/aromatic N) is 7. The summed E-state index contributed by atoms with van der Waals surface area (Å²) in [7, 11) is 9.46. The number of likely N-dealkylation sites (N-methyl/N-ethyl adjacent to an activating group) is 7. The summed E-state index contributed by atoms with van der Waals surface area (Å²) >= 11 is 0. The summed E-state index contributed by atoms with van der Waals surface area (Å²) in [4.78, 5) is 171. The van der Waals surface area contributed by atoms with Gasteiger partial charge in [0.25, 0.3) is 0 Å². The van der Waals surface area contributed by atoms with Crippen LogP contribution >= 0.6 is 0 Å². The van der Waals surface area contributed by atoms with Crippen molar-refractivity contribution in [2.75, 3.05) is 62.5 Å². The van der Waals surface area contributed by atoms with Gasteiger partial charge >= 0.3 is 0 Å². The third-order valence-electron chi connectivity index (χ3n) is 17.5. The lowest BCUT2D eigenvalue weighted by atomic mass is 9.91. The van der Waals surface area contributed by atoms with Crippen molar-refractivity contribution in [3.8, 4) is 0 Å². The van der Waals surface area contributed by atoms with E-state index in [1.807, 2.05) is 41.5 Å². The van der Waals surface area contributed by atoms with Crippen LogP contribution in [0.25, 0.3) is 0 Å². The Balaban J connectivity index is 4.58. The lowest BCUT2D eigenvalue weighted by Crippen LogP contribution is -2.64. The molecule has 92 heavy (non-hydrogen) atoms. The number of carbonyl (C=O) groups excluding carboxylic acids is 11. The maximum atomic E-state index is 15.3. The van der Waals surface area contributed by atoms with Crippen LogP contribution in [0.2, 0.25) is 0 Å². The van der Waals surface area contributed by atoms with Crippen molar-refractivity contribution >= 4 is 65.0 Å².